The topological polar surface area (TPSA) is 69.0 Å². The normalized spacial score (nSPS) is 11.9. The first-order valence-corrected chi connectivity index (χ1v) is 16.4. The van der Waals surface area contributed by atoms with E-state index in [0.717, 1.165) is 29.7 Å². The lowest BCUT2D eigenvalue weighted by atomic mass is 9.91. The Bertz CT molecular complexity index is 1920. The predicted octanol–water partition coefficient (Wildman–Crippen LogP) is 8.49. The third-order valence-electron chi connectivity index (χ3n) is 8.24. The Morgan fingerprint density at radius 1 is 0.750 bits per heavy atom. The summed E-state index contributed by atoms with van der Waals surface area (Å²) in [7, 11) is 0. The summed E-state index contributed by atoms with van der Waals surface area (Å²) in [5.74, 6) is -0.0884. The van der Waals surface area contributed by atoms with Crippen LogP contribution in [0.1, 0.15) is 36.0 Å². The van der Waals surface area contributed by atoms with Gasteiger partial charge in [-0.3, -0.25) is 14.5 Å². The average Bonchev–Trinajstić information content (AvgIpc) is 3.12. The molecule has 6 rings (SSSR count). The van der Waals surface area contributed by atoms with E-state index in [9.17, 15) is 9.59 Å². The Balaban J connectivity index is 1.31. The molecule has 0 aliphatic rings. The highest BCUT2D eigenvalue weighted by Gasteiger charge is 2.28. The summed E-state index contributed by atoms with van der Waals surface area (Å²) in [5, 5.41) is 0.422. The van der Waals surface area contributed by atoms with Gasteiger partial charge in [-0.1, -0.05) is 134 Å². The summed E-state index contributed by atoms with van der Waals surface area (Å²) in [4.78, 5) is 29.6. The first-order valence-electron chi connectivity index (χ1n) is 16.4. The van der Waals surface area contributed by atoms with E-state index in [1.54, 1.807) is 18.2 Å². The molecule has 0 bridgehead atoms. The minimum Gasteiger partial charge on any atom is -0.486 e. The largest absolute Gasteiger partial charge is 0.486 e. The number of fused-ring (bicyclic) bond motifs is 1. The van der Waals surface area contributed by atoms with Crippen molar-refractivity contribution >= 4 is 16.9 Å². The fraction of sp³-hybridized carbons (Fsp3) is 0.190. The number of para-hydroxylation sites is 1. The maximum Gasteiger partial charge on any atom is 0.318 e. The highest BCUT2D eigenvalue weighted by atomic mass is 16.6. The molecule has 0 saturated carbocycles. The first-order chi connectivity index (χ1) is 23.6. The Kier molecular flexibility index (Phi) is 10.8. The van der Waals surface area contributed by atoms with E-state index in [2.05, 4.69) is 24.0 Å². The number of benzene rings is 5. The quantitative estimate of drug-likeness (QED) is 0.112. The van der Waals surface area contributed by atoms with Crippen LogP contribution in [0.25, 0.3) is 22.3 Å². The number of nitrogens with zero attached hydrogens (tertiary/aromatic N) is 1. The third kappa shape index (κ3) is 8.08. The zero-order chi connectivity index (χ0) is 33.1. The van der Waals surface area contributed by atoms with Crippen molar-refractivity contribution in [1.82, 2.24) is 4.90 Å². The molecule has 1 heterocycles. The van der Waals surface area contributed by atoms with Gasteiger partial charge in [0.25, 0.3) is 0 Å². The van der Waals surface area contributed by atoms with Crippen molar-refractivity contribution in [2.75, 3.05) is 19.7 Å². The van der Waals surface area contributed by atoms with Gasteiger partial charge in [0.2, 0.25) is 0 Å². The molecule has 0 radical (unpaired) electrons. The van der Waals surface area contributed by atoms with Gasteiger partial charge in [0.1, 0.15) is 24.4 Å². The van der Waals surface area contributed by atoms with Crippen LogP contribution in [0.15, 0.2) is 155 Å². The second-order valence-corrected chi connectivity index (χ2v) is 11.8. The summed E-state index contributed by atoms with van der Waals surface area (Å²) >= 11 is 0. The monoisotopic (exact) mass is 637 g/mol. The highest BCUT2D eigenvalue weighted by molar-refractivity contribution is 5.84. The SMILES string of the molecule is CCCN(Cc1ccccc1)CC(COc1cccc2c(=O)cc(-c3ccccc3)oc12)OC(=O)C(c1ccccc1)c1ccccc1. The number of ether oxygens (including phenoxy) is 2. The molecule has 0 amide bonds. The van der Waals surface area contributed by atoms with Crippen LogP contribution in [0.3, 0.4) is 0 Å². The molecule has 48 heavy (non-hydrogen) atoms. The molecular weight excluding hydrogens is 598 g/mol. The standard InChI is InChI=1S/C42H39NO5/c1-2-26-43(28-31-16-7-3-8-17-31)29-35(47-42(45)40(33-20-11-5-12-21-33)34-22-13-6-14-23-34)30-46-38-25-15-24-36-37(44)27-39(48-41(36)38)32-18-9-4-10-19-32/h3-25,27,35,40H,2,26,28-30H2,1H3. The van der Waals surface area contributed by atoms with Crippen LogP contribution in [-0.4, -0.2) is 36.7 Å². The molecule has 1 unspecified atom stereocenters. The van der Waals surface area contributed by atoms with Crippen molar-refractivity contribution in [3.63, 3.8) is 0 Å². The first kappa shape index (κ1) is 32.5. The molecule has 0 aliphatic carbocycles. The number of rotatable bonds is 14. The summed E-state index contributed by atoms with van der Waals surface area (Å²) < 4.78 is 19.1. The molecule has 0 N–H and O–H groups in total. The van der Waals surface area contributed by atoms with Crippen molar-refractivity contribution in [1.29, 1.82) is 0 Å². The molecule has 0 saturated heterocycles. The Hall–Kier alpha value is -5.46. The maximum absolute atomic E-state index is 14.2. The van der Waals surface area contributed by atoms with E-state index in [4.69, 9.17) is 13.9 Å². The lowest BCUT2D eigenvalue weighted by molar-refractivity contribution is -0.152. The molecule has 6 heteroatoms. The summed E-state index contributed by atoms with van der Waals surface area (Å²) in [6.07, 6.45) is 0.309. The number of esters is 1. The Labute approximate surface area is 281 Å². The molecule has 0 aliphatic heterocycles. The number of carbonyl (C=O) groups is 1. The molecule has 0 fully saturated rings. The van der Waals surface area contributed by atoms with Crippen LogP contribution in [0.2, 0.25) is 0 Å². The van der Waals surface area contributed by atoms with E-state index < -0.39 is 12.0 Å². The van der Waals surface area contributed by atoms with E-state index >= 15 is 0 Å². The summed E-state index contributed by atoms with van der Waals surface area (Å²) in [6.45, 7) is 4.17. The third-order valence-corrected chi connectivity index (χ3v) is 8.24. The van der Waals surface area contributed by atoms with Crippen LogP contribution in [-0.2, 0) is 16.1 Å². The molecule has 6 aromatic rings. The minimum atomic E-state index is -0.623. The van der Waals surface area contributed by atoms with Gasteiger partial charge in [0, 0.05) is 24.7 Å². The van der Waals surface area contributed by atoms with Crippen molar-refractivity contribution in [2.24, 2.45) is 0 Å². The zero-order valence-electron chi connectivity index (χ0n) is 27.0. The van der Waals surface area contributed by atoms with E-state index in [0.29, 0.717) is 35.6 Å². The van der Waals surface area contributed by atoms with Crippen LogP contribution in [0.4, 0.5) is 0 Å². The second-order valence-electron chi connectivity index (χ2n) is 11.8. The van der Waals surface area contributed by atoms with Gasteiger partial charge in [-0.25, -0.2) is 0 Å². The number of hydrogen-bond donors (Lipinski definition) is 0. The van der Waals surface area contributed by atoms with Crippen molar-refractivity contribution in [2.45, 2.75) is 31.9 Å². The molecule has 6 nitrogen and oxygen atoms in total. The molecule has 1 atom stereocenters. The lowest BCUT2D eigenvalue weighted by Crippen LogP contribution is -2.39. The van der Waals surface area contributed by atoms with E-state index in [1.807, 2.05) is 109 Å². The van der Waals surface area contributed by atoms with E-state index in [-0.39, 0.29) is 18.0 Å². The molecule has 242 valence electrons. The zero-order valence-corrected chi connectivity index (χ0v) is 27.0. The fourth-order valence-electron chi connectivity index (χ4n) is 5.99. The van der Waals surface area contributed by atoms with Crippen molar-refractivity contribution in [3.05, 3.63) is 173 Å². The number of carbonyl (C=O) groups excluding carboxylic acids is 1. The predicted molar refractivity (Wildman–Crippen MR) is 190 cm³/mol. The van der Waals surface area contributed by atoms with Gasteiger partial charge in [-0.2, -0.15) is 0 Å². The molecule has 1 aromatic heterocycles. The number of hydrogen-bond acceptors (Lipinski definition) is 6. The van der Waals surface area contributed by atoms with Gasteiger partial charge in [-0.05, 0) is 41.8 Å². The summed E-state index contributed by atoms with van der Waals surface area (Å²) in [6, 6.07) is 46.0. The average molecular weight is 638 g/mol. The smallest absolute Gasteiger partial charge is 0.318 e. The van der Waals surface area contributed by atoms with Gasteiger partial charge in [0.15, 0.2) is 16.8 Å². The molecule has 0 spiro atoms. The van der Waals surface area contributed by atoms with Gasteiger partial charge >= 0.3 is 5.97 Å². The van der Waals surface area contributed by atoms with Crippen LogP contribution in [0, 0.1) is 0 Å². The lowest BCUT2D eigenvalue weighted by Gasteiger charge is -2.29. The van der Waals surface area contributed by atoms with Crippen LogP contribution >= 0.6 is 0 Å². The summed E-state index contributed by atoms with van der Waals surface area (Å²) in [5.41, 5.74) is 3.87. The highest BCUT2D eigenvalue weighted by Crippen LogP contribution is 2.30. The van der Waals surface area contributed by atoms with Crippen LogP contribution in [0.5, 0.6) is 5.75 Å². The Morgan fingerprint density at radius 2 is 1.35 bits per heavy atom. The van der Waals surface area contributed by atoms with Crippen molar-refractivity contribution in [3.8, 4) is 17.1 Å². The van der Waals surface area contributed by atoms with Gasteiger partial charge < -0.3 is 13.9 Å². The fourth-order valence-corrected chi connectivity index (χ4v) is 5.99. The molecule has 5 aromatic carbocycles. The van der Waals surface area contributed by atoms with Crippen LogP contribution < -0.4 is 10.2 Å². The van der Waals surface area contributed by atoms with Crippen molar-refractivity contribution < 1.29 is 18.7 Å². The Morgan fingerprint density at radius 3 is 1.98 bits per heavy atom. The second kappa shape index (κ2) is 15.9. The van der Waals surface area contributed by atoms with Gasteiger partial charge in [-0.15, -0.1) is 0 Å². The minimum absolute atomic E-state index is 0.0649. The maximum atomic E-state index is 14.2. The van der Waals surface area contributed by atoms with Gasteiger partial charge in [0.05, 0.1) is 5.39 Å². The molecular formula is C42H39NO5. The van der Waals surface area contributed by atoms with E-state index in [1.165, 1.54) is 11.6 Å².